The number of rotatable bonds is 3. The highest BCUT2D eigenvalue weighted by atomic mass is 19.1. The number of aliphatic carboxylic acids is 1. The van der Waals surface area contributed by atoms with E-state index in [9.17, 15) is 9.18 Å². The average molecular weight is 210 g/mol. The summed E-state index contributed by atoms with van der Waals surface area (Å²) in [5.74, 6) is -1.35. The van der Waals surface area contributed by atoms with Crippen LogP contribution in [0.5, 0.6) is 5.75 Å². The van der Waals surface area contributed by atoms with Gasteiger partial charge in [-0.05, 0) is 30.0 Å². The quantitative estimate of drug-likeness (QED) is 0.830. The summed E-state index contributed by atoms with van der Waals surface area (Å²) >= 11 is 0. The van der Waals surface area contributed by atoms with Crippen molar-refractivity contribution in [1.29, 1.82) is 0 Å². The third-order valence-corrected chi connectivity index (χ3v) is 2.71. The van der Waals surface area contributed by atoms with Gasteiger partial charge in [-0.25, -0.2) is 4.39 Å². The predicted molar refractivity (Wildman–Crippen MR) is 51.4 cm³/mol. The molecule has 3 nitrogen and oxygen atoms in total. The Hall–Kier alpha value is -1.58. The van der Waals surface area contributed by atoms with E-state index in [1.807, 2.05) is 0 Å². The molecule has 15 heavy (non-hydrogen) atoms. The molecule has 0 amide bonds. The molecule has 0 saturated heterocycles. The van der Waals surface area contributed by atoms with Gasteiger partial charge in [0, 0.05) is 0 Å². The molecule has 1 aromatic carbocycles. The van der Waals surface area contributed by atoms with Crippen molar-refractivity contribution < 1.29 is 19.0 Å². The largest absolute Gasteiger partial charge is 0.494 e. The minimum Gasteiger partial charge on any atom is -0.494 e. The van der Waals surface area contributed by atoms with Crippen LogP contribution in [0.3, 0.4) is 0 Å². The first-order valence-corrected chi connectivity index (χ1v) is 4.69. The number of carboxylic acid groups (broad SMARTS) is 1. The van der Waals surface area contributed by atoms with Crippen molar-refractivity contribution in [2.75, 3.05) is 7.11 Å². The number of ether oxygens (including phenoxy) is 1. The molecule has 1 aliphatic rings. The minimum absolute atomic E-state index is 0.0111. The molecule has 0 heterocycles. The fourth-order valence-corrected chi connectivity index (χ4v) is 1.74. The van der Waals surface area contributed by atoms with Gasteiger partial charge in [0.25, 0.3) is 0 Å². The first-order valence-electron chi connectivity index (χ1n) is 4.69. The maximum atomic E-state index is 13.1. The monoisotopic (exact) mass is 210 g/mol. The summed E-state index contributed by atoms with van der Waals surface area (Å²) in [7, 11) is 1.39. The topological polar surface area (TPSA) is 46.5 Å². The Labute approximate surface area is 86.5 Å². The van der Waals surface area contributed by atoms with E-state index in [2.05, 4.69) is 0 Å². The van der Waals surface area contributed by atoms with Gasteiger partial charge in [-0.15, -0.1) is 0 Å². The molecule has 1 fully saturated rings. The van der Waals surface area contributed by atoms with Gasteiger partial charge in [-0.3, -0.25) is 4.79 Å². The van der Waals surface area contributed by atoms with E-state index in [0.717, 1.165) is 5.56 Å². The van der Waals surface area contributed by atoms with Gasteiger partial charge in [0.05, 0.1) is 13.0 Å². The number of hydrogen-bond acceptors (Lipinski definition) is 2. The van der Waals surface area contributed by atoms with Gasteiger partial charge in [-0.1, -0.05) is 6.07 Å². The lowest BCUT2D eigenvalue weighted by molar-refractivity contribution is -0.138. The number of carbonyl (C=O) groups is 1. The van der Waals surface area contributed by atoms with E-state index >= 15 is 0 Å². The Morgan fingerprint density at radius 3 is 2.87 bits per heavy atom. The number of benzene rings is 1. The zero-order valence-electron chi connectivity index (χ0n) is 8.24. The van der Waals surface area contributed by atoms with Crippen LogP contribution >= 0.6 is 0 Å². The zero-order valence-corrected chi connectivity index (χ0v) is 8.24. The Bertz CT molecular complexity index is 403. The van der Waals surface area contributed by atoms with Crippen molar-refractivity contribution in [3.8, 4) is 5.75 Å². The highest BCUT2D eigenvalue weighted by molar-refractivity contribution is 5.75. The highest BCUT2D eigenvalue weighted by Gasteiger charge is 2.44. The van der Waals surface area contributed by atoms with E-state index in [1.165, 1.54) is 13.2 Å². The molecule has 0 bridgehead atoms. The van der Waals surface area contributed by atoms with Gasteiger partial charge >= 0.3 is 5.97 Å². The van der Waals surface area contributed by atoms with Gasteiger partial charge in [0.15, 0.2) is 11.6 Å². The Balaban J connectivity index is 2.21. The van der Waals surface area contributed by atoms with Crippen LogP contribution in [0.15, 0.2) is 18.2 Å². The lowest BCUT2D eigenvalue weighted by Crippen LogP contribution is -1.99. The standard InChI is InChI=1S/C11H11FO3/c1-15-10-4-6(2-3-9(10)12)7-5-8(7)11(13)14/h2-4,7-8H,5H2,1H3,(H,13,14)/t7-,8+/m0/s1. The van der Waals surface area contributed by atoms with Crippen molar-refractivity contribution in [2.45, 2.75) is 12.3 Å². The van der Waals surface area contributed by atoms with E-state index in [1.54, 1.807) is 12.1 Å². The molecule has 1 aromatic rings. The van der Waals surface area contributed by atoms with Gasteiger partial charge in [0.2, 0.25) is 0 Å². The van der Waals surface area contributed by atoms with E-state index in [4.69, 9.17) is 9.84 Å². The van der Waals surface area contributed by atoms with Crippen molar-refractivity contribution in [1.82, 2.24) is 0 Å². The number of hydrogen-bond donors (Lipinski definition) is 1. The second-order valence-corrected chi connectivity index (χ2v) is 3.68. The molecule has 0 aliphatic heterocycles. The summed E-state index contributed by atoms with van der Waals surface area (Å²) in [5, 5.41) is 8.76. The summed E-state index contributed by atoms with van der Waals surface area (Å²) < 4.78 is 17.9. The van der Waals surface area contributed by atoms with Crippen LogP contribution in [0, 0.1) is 11.7 Å². The minimum atomic E-state index is -0.789. The summed E-state index contributed by atoms with van der Waals surface area (Å²) in [4.78, 5) is 10.7. The lowest BCUT2D eigenvalue weighted by Gasteiger charge is -2.04. The van der Waals surface area contributed by atoms with Crippen molar-refractivity contribution in [3.05, 3.63) is 29.6 Å². The van der Waals surface area contributed by atoms with Crippen molar-refractivity contribution >= 4 is 5.97 Å². The second-order valence-electron chi connectivity index (χ2n) is 3.68. The number of halogens is 1. The summed E-state index contributed by atoms with van der Waals surface area (Å²) in [6.07, 6.45) is 0.629. The fourth-order valence-electron chi connectivity index (χ4n) is 1.74. The Morgan fingerprint density at radius 2 is 2.33 bits per heavy atom. The predicted octanol–water partition coefficient (Wildman–Crippen LogP) is 2.02. The van der Waals surface area contributed by atoms with Crippen LogP contribution < -0.4 is 4.74 Å². The van der Waals surface area contributed by atoms with Crippen molar-refractivity contribution in [3.63, 3.8) is 0 Å². The van der Waals surface area contributed by atoms with E-state index in [0.29, 0.717) is 6.42 Å². The fraction of sp³-hybridized carbons (Fsp3) is 0.364. The number of methoxy groups -OCH3 is 1. The summed E-state index contributed by atoms with van der Waals surface area (Å²) in [6, 6.07) is 4.50. The zero-order chi connectivity index (χ0) is 11.0. The second kappa shape index (κ2) is 3.53. The molecule has 1 N–H and O–H groups in total. The summed E-state index contributed by atoms with van der Waals surface area (Å²) in [6.45, 7) is 0. The Morgan fingerprint density at radius 1 is 1.60 bits per heavy atom. The third-order valence-electron chi connectivity index (χ3n) is 2.71. The first kappa shape index (κ1) is 9.96. The average Bonchev–Trinajstić information content (AvgIpc) is 2.98. The molecule has 1 aliphatic carbocycles. The molecule has 0 aromatic heterocycles. The van der Waals surface area contributed by atoms with Crippen molar-refractivity contribution in [2.24, 2.45) is 5.92 Å². The molecule has 2 rings (SSSR count). The van der Waals surface area contributed by atoms with E-state index < -0.39 is 11.8 Å². The van der Waals surface area contributed by atoms with Crippen LogP contribution in [-0.4, -0.2) is 18.2 Å². The van der Waals surface area contributed by atoms with Crippen LogP contribution in [-0.2, 0) is 4.79 Å². The molecule has 0 radical (unpaired) electrons. The summed E-state index contributed by atoms with van der Waals surface area (Å²) in [5.41, 5.74) is 0.834. The molecule has 1 saturated carbocycles. The first-order chi connectivity index (χ1) is 7.13. The lowest BCUT2D eigenvalue weighted by atomic mass is 10.1. The van der Waals surface area contributed by atoms with Crippen LogP contribution in [0.4, 0.5) is 4.39 Å². The Kier molecular flexibility index (Phi) is 2.34. The van der Waals surface area contributed by atoms with Gasteiger partial charge in [-0.2, -0.15) is 0 Å². The number of carboxylic acids is 1. The third kappa shape index (κ3) is 1.79. The van der Waals surface area contributed by atoms with Crippen LogP contribution in [0.25, 0.3) is 0 Å². The van der Waals surface area contributed by atoms with Crippen LogP contribution in [0.2, 0.25) is 0 Å². The smallest absolute Gasteiger partial charge is 0.307 e. The molecular weight excluding hydrogens is 199 g/mol. The SMILES string of the molecule is COc1cc([C@@H]2C[C@H]2C(=O)O)ccc1F. The molecule has 4 heteroatoms. The maximum absolute atomic E-state index is 13.1. The van der Waals surface area contributed by atoms with E-state index in [-0.39, 0.29) is 17.6 Å². The maximum Gasteiger partial charge on any atom is 0.307 e. The molecule has 2 atom stereocenters. The molecule has 0 unspecified atom stereocenters. The normalized spacial score (nSPS) is 23.6. The van der Waals surface area contributed by atoms with Crippen LogP contribution in [0.1, 0.15) is 17.9 Å². The van der Waals surface area contributed by atoms with Gasteiger partial charge < -0.3 is 9.84 Å². The van der Waals surface area contributed by atoms with Gasteiger partial charge in [0.1, 0.15) is 0 Å². The molecule has 80 valence electrons. The molecular formula is C11H11FO3. The molecule has 0 spiro atoms. The highest BCUT2D eigenvalue weighted by Crippen LogP contribution is 2.48.